The van der Waals surface area contributed by atoms with Gasteiger partial charge in [-0.15, -0.1) is 35.3 Å². The number of oxime groups is 2. The van der Waals surface area contributed by atoms with Crippen LogP contribution in [0, 0.1) is 37.9 Å². The van der Waals surface area contributed by atoms with E-state index in [9.17, 15) is 0 Å². The number of hydrogen-bond acceptors (Lipinski definition) is 22. The molecule has 0 bridgehead atoms. The normalized spacial score (nSPS) is 28.3. The van der Waals surface area contributed by atoms with Gasteiger partial charge in [0.25, 0.3) is 0 Å². The summed E-state index contributed by atoms with van der Waals surface area (Å²) in [5.41, 5.74) is -0.248. The third-order valence-corrected chi connectivity index (χ3v) is 41.7. The molecule has 10 aliphatic heterocycles. The van der Waals surface area contributed by atoms with Crippen LogP contribution in [0.5, 0.6) is 0 Å². The van der Waals surface area contributed by atoms with Crippen molar-refractivity contribution in [2.24, 2.45) is 83.2 Å². The van der Waals surface area contributed by atoms with E-state index in [2.05, 4.69) is 416 Å². The number of ether oxygens (including phenoxy) is 5. The number of rotatable bonds is 0. The fourth-order valence-corrected chi connectivity index (χ4v) is 20.8. The first-order chi connectivity index (χ1) is 55.5. The largest absolute Gasteiger partial charge is 0.490 e. The highest BCUT2D eigenvalue weighted by molar-refractivity contribution is 8.15. The van der Waals surface area contributed by atoms with Gasteiger partial charge in [0.1, 0.15) is 33.8 Å². The summed E-state index contributed by atoms with van der Waals surface area (Å²) in [5, 5.41) is 9.98. The number of allylic oxidation sites excluding steroid dienone is 2. The van der Waals surface area contributed by atoms with Crippen LogP contribution < -0.4 is 0 Å². The summed E-state index contributed by atoms with van der Waals surface area (Å²) in [6.45, 7) is 141. The number of nitrogens with zero attached hydrogens (tertiary/aromatic N) is 12. The van der Waals surface area contributed by atoms with E-state index in [0.29, 0.717) is 11.8 Å². The van der Waals surface area contributed by atoms with Gasteiger partial charge in [0, 0.05) is 118 Å². The van der Waals surface area contributed by atoms with E-state index in [1.165, 1.54) is 15.0 Å². The van der Waals surface area contributed by atoms with Crippen molar-refractivity contribution < 1.29 is 33.4 Å². The van der Waals surface area contributed by atoms with Gasteiger partial charge in [-0.2, -0.15) is 0 Å². The van der Waals surface area contributed by atoms with Crippen molar-refractivity contribution in [2.45, 2.75) is 559 Å². The van der Waals surface area contributed by atoms with E-state index >= 15 is 0 Å². The molecule has 0 aromatic carbocycles. The predicted molar refractivity (Wildman–Crippen MR) is 568 cm³/mol. The summed E-state index contributed by atoms with van der Waals surface area (Å²) < 4.78 is 29.1. The molecule has 0 fully saturated rings. The van der Waals surface area contributed by atoms with Gasteiger partial charge in [0.15, 0.2) is 23.0 Å². The van der Waals surface area contributed by atoms with Crippen LogP contribution in [0.4, 0.5) is 0 Å². The van der Waals surface area contributed by atoms with Gasteiger partial charge in [-0.05, 0) is 325 Å². The van der Waals surface area contributed by atoms with Gasteiger partial charge in [0.05, 0.1) is 71.1 Å². The van der Waals surface area contributed by atoms with Crippen molar-refractivity contribution in [2.75, 3.05) is 21.1 Å². The molecule has 0 unspecified atom stereocenters. The number of amidine groups is 3. The zero-order chi connectivity index (χ0) is 103. The standard InChI is InChI=1S/3C12H24N2.2C11H21NO.2C11H21NS.C10H18OS.2C8H15NO2/c3*1-9-13-11(4,5)10(2,3)12(6,7)14(9)8;4*1-8-12-10(4,5)9(2,3)11(6,7)13-8;1-7-8(2)12-10(5,6)9(3,4)11-7;2*1-6-9-11-8(4,5)7(2,3)10-6/h3*1-8H3;4*1-7H3;1-6H3;2*1-5H3. The SMILES string of the molecule is CC1=C(C)SC(C)(C)C(C)(C)O1.CC1=NC(C)(C)C(C)(C)C(C)(C)N1C.CC1=NC(C)(C)C(C)(C)C(C)(C)N1C.CC1=NC(C)(C)C(C)(C)C(C)(C)N1C.CC1=NC(C)(C)C(C)(C)C(C)(C)O1.CC1=NC(C)(C)C(C)(C)C(C)(C)O1.CC1=NC(C)(C)C(C)(C)C(C)(C)S1.CC1=NC(C)(C)C(C)(C)C(C)(C)S1.CC1=NOC(C)(C)C(C)(C)O1.CC1=NOC(C)(C)C(C)(C)O1. The summed E-state index contributed by atoms with van der Waals surface area (Å²) in [6.07, 6.45) is 0. The molecule has 0 N–H and O–H groups in total. The molecule has 0 amide bonds. The molecule has 0 aromatic rings. The molecule has 0 spiro atoms. The topological polar surface area (TPSA) is 186 Å². The molecule has 0 saturated carbocycles. The first-order valence-electron chi connectivity index (χ1n) is 47.3. The minimum absolute atomic E-state index is 0.00704. The second-order valence-corrected chi connectivity index (χ2v) is 57.0. The fraction of sp³-hybridized carbons (Fsp3) is 0.896. The Morgan fingerprint density at radius 1 is 0.203 bits per heavy atom. The lowest BCUT2D eigenvalue weighted by atomic mass is 9.61. The Bertz CT molecular complexity index is 3770. The molecule has 748 valence electrons. The van der Waals surface area contributed by atoms with Crippen LogP contribution in [-0.2, 0) is 33.4 Å². The predicted octanol–water partition coefficient (Wildman–Crippen LogP) is 29.7. The summed E-state index contributed by atoms with van der Waals surface area (Å²) in [7, 11) is 6.40. The highest BCUT2D eigenvalue weighted by Gasteiger charge is 2.60. The maximum Gasteiger partial charge on any atom is 0.223 e. The van der Waals surface area contributed by atoms with Crippen LogP contribution in [0.15, 0.2) is 55.9 Å². The average molecular weight is 1860 g/mol. The maximum absolute atomic E-state index is 5.86. The molecule has 0 atom stereocenters. The Hall–Kier alpha value is -4.18. The molecule has 0 saturated heterocycles. The lowest BCUT2D eigenvalue weighted by Gasteiger charge is -2.58. The van der Waals surface area contributed by atoms with Gasteiger partial charge in [-0.1, -0.05) is 107 Å². The van der Waals surface area contributed by atoms with E-state index in [4.69, 9.17) is 58.3 Å². The minimum atomic E-state index is -0.355. The van der Waals surface area contributed by atoms with E-state index in [-0.39, 0.29) is 147 Å². The second kappa shape index (κ2) is 38.1. The molecule has 0 aliphatic carbocycles. The van der Waals surface area contributed by atoms with Gasteiger partial charge in [-0.3, -0.25) is 25.0 Å². The van der Waals surface area contributed by atoms with Crippen molar-refractivity contribution in [1.29, 1.82) is 0 Å². The van der Waals surface area contributed by atoms with E-state index in [0.717, 1.165) is 35.1 Å². The Morgan fingerprint density at radius 3 is 0.609 bits per heavy atom. The molecular weight excluding hydrogens is 1650 g/mol. The number of aliphatic imine (C=N–C) groups is 7. The van der Waals surface area contributed by atoms with Gasteiger partial charge >= 0.3 is 0 Å². The molecule has 0 radical (unpaired) electrons. The molecule has 10 aliphatic rings. The average Bonchev–Trinajstić information content (AvgIpc) is 0.717. The van der Waals surface area contributed by atoms with Crippen molar-refractivity contribution in [3.63, 3.8) is 0 Å². The van der Waals surface area contributed by atoms with Gasteiger partial charge in [-0.25, -0.2) is 9.98 Å². The van der Waals surface area contributed by atoms with Crippen molar-refractivity contribution in [3.05, 3.63) is 10.7 Å². The maximum atomic E-state index is 5.86. The third-order valence-electron chi connectivity index (χ3n) is 37.2. The van der Waals surface area contributed by atoms with Crippen LogP contribution >= 0.6 is 35.3 Å². The van der Waals surface area contributed by atoms with Crippen molar-refractivity contribution >= 4 is 86.5 Å². The molecule has 10 heterocycles. The van der Waals surface area contributed by atoms with Crippen LogP contribution in [0.25, 0.3) is 0 Å². The molecule has 128 heavy (non-hydrogen) atoms. The van der Waals surface area contributed by atoms with Gasteiger partial charge < -0.3 is 48.1 Å². The van der Waals surface area contributed by atoms with Crippen LogP contribution in [0.3, 0.4) is 0 Å². The smallest absolute Gasteiger partial charge is 0.223 e. The molecule has 0 aromatic heterocycles. The lowest BCUT2D eigenvalue weighted by molar-refractivity contribution is -0.166. The van der Waals surface area contributed by atoms with Crippen molar-refractivity contribution in [1.82, 2.24) is 14.7 Å². The number of thioether (sulfide) groups is 3. The fourth-order valence-electron chi connectivity index (χ4n) is 16.5. The Morgan fingerprint density at radius 2 is 0.414 bits per heavy atom. The van der Waals surface area contributed by atoms with Crippen LogP contribution in [0.2, 0.25) is 0 Å². The Kier molecular flexibility index (Phi) is 36.2. The molecular formula is C106H204N12O7S3. The lowest BCUT2D eigenvalue weighted by Crippen LogP contribution is -2.64. The highest BCUT2D eigenvalue weighted by Crippen LogP contribution is 2.58. The minimum Gasteiger partial charge on any atom is -0.490 e. The van der Waals surface area contributed by atoms with Crippen LogP contribution in [-0.4, -0.2) is 196 Å². The van der Waals surface area contributed by atoms with E-state index < -0.39 is 0 Å². The molecule has 19 nitrogen and oxygen atoms in total. The Labute approximate surface area is 803 Å². The quantitative estimate of drug-likeness (QED) is 0.223. The first kappa shape index (κ1) is 122. The summed E-state index contributed by atoms with van der Waals surface area (Å²) in [6, 6.07) is 0. The van der Waals surface area contributed by atoms with Gasteiger partial charge in [0.2, 0.25) is 11.8 Å². The highest BCUT2D eigenvalue weighted by atomic mass is 32.2. The summed E-state index contributed by atoms with van der Waals surface area (Å²) in [4.78, 5) is 51.6. The molecule has 10 rings (SSSR count). The summed E-state index contributed by atoms with van der Waals surface area (Å²) in [5.74, 6) is 7.27. The summed E-state index contributed by atoms with van der Waals surface area (Å²) >= 11 is 5.72. The Balaban J connectivity index is 0.000000712. The monoisotopic (exact) mass is 1850 g/mol. The number of hydrogen-bond donors (Lipinski definition) is 0. The van der Waals surface area contributed by atoms with Crippen molar-refractivity contribution in [3.8, 4) is 0 Å². The molecule has 22 heteroatoms. The zero-order valence-electron chi connectivity index (χ0n) is 96.4. The van der Waals surface area contributed by atoms with E-state index in [1.54, 1.807) is 13.8 Å². The third kappa shape index (κ3) is 24.4. The van der Waals surface area contributed by atoms with E-state index in [1.807, 2.05) is 111 Å². The zero-order valence-corrected chi connectivity index (χ0v) is 98.9. The first-order valence-corrected chi connectivity index (χ1v) is 49.7. The second-order valence-electron chi connectivity index (χ2n) is 51.6. The van der Waals surface area contributed by atoms with Crippen LogP contribution in [0.1, 0.15) is 450 Å².